The second-order valence-corrected chi connectivity index (χ2v) is 7.62. The maximum Gasteiger partial charge on any atom is 0.225 e. The molecule has 0 spiro atoms. The lowest BCUT2D eigenvalue weighted by Crippen LogP contribution is -2.45. The van der Waals surface area contributed by atoms with Crippen molar-refractivity contribution in [3.8, 4) is 0 Å². The van der Waals surface area contributed by atoms with Gasteiger partial charge in [0.1, 0.15) is 0 Å². The van der Waals surface area contributed by atoms with E-state index in [1.54, 1.807) is 0 Å². The molecular formula is C19H30N4O2. The molecule has 1 aromatic rings. The van der Waals surface area contributed by atoms with Crippen LogP contribution in [0.4, 0.5) is 0 Å². The Balaban J connectivity index is 1.49. The van der Waals surface area contributed by atoms with E-state index in [1.165, 1.54) is 12.8 Å². The standard InChI is InChI=1S/C19H30N4O2/c1-13(17-12-20-22(3)14(17)2)21-18(24)15-8-10-23(11-9-15)19(25)16-6-4-5-7-16/h12-13,15-16H,4-11H2,1-3H3,(H,21,24)/t13-/m0/s1. The Labute approximate surface area is 149 Å². The van der Waals surface area contributed by atoms with E-state index in [1.807, 2.05) is 36.7 Å². The lowest BCUT2D eigenvalue weighted by Gasteiger charge is -2.33. The molecule has 1 aliphatic heterocycles. The van der Waals surface area contributed by atoms with Gasteiger partial charge in [0.05, 0.1) is 12.2 Å². The highest BCUT2D eigenvalue weighted by atomic mass is 16.2. The number of hydrogen-bond acceptors (Lipinski definition) is 3. The van der Waals surface area contributed by atoms with Crippen LogP contribution in [-0.2, 0) is 16.6 Å². The molecule has 1 atom stereocenters. The van der Waals surface area contributed by atoms with Crippen LogP contribution < -0.4 is 5.32 Å². The van der Waals surface area contributed by atoms with Crippen LogP contribution in [0, 0.1) is 18.8 Å². The number of rotatable bonds is 4. The maximum absolute atomic E-state index is 12.6. The second kappa shape index (κ2) is 7.58. The third kappa shape index (κ3) is 3.88. The van der Waals surface area contributed by atoms with E-state index in [9.17, 15) is 9.59 Å². The van der Waals surface area contributed by atoms with Gasteiger partial charge in [-0.3, -0.25) is 14.3 Å². The third-order valence-electron chi connectivity index (χ3n) is 5.98. The van der Waals surface area contributed by atoms with Gasteiger partial charge in [0, 0.05) is 43.2 Å². The molecule has 1 aliphatic carbocycles. The van der Waals surface area contributed by atoms with Gasteiger partial charge in [-0.05, 0) is 39.5 Å². The molecule has 2 amide bonds. The molecule has 1 saturated carbocycles. The van der Waals surface area contributed by atoms with Crippen LogP contribution in [0.15, 0.2) is 6.20 Å². The van der Waals surface area contributed by atoms with Crippen LogP contribution in [0.25, 0.3) is 0 Å². The molecule has 0 bridgehead atoms. The summed E-state index contributed by atoms with van der Waals surface area (Å²) in [6, 6.07) is -0.0423. The van der Waals surface area contributed by atoms with Crippen LogP contribution >= 0.6 is 0 Å². The Hall–Kier alpha value is -1.85. The first-order chi connectivity index (χ1) is 12.0. The molecule has 0 radical (unpaired) electrons. The number of nitrogens with zero attached hydrogens (tertiary/aromatic N) is 3. The fourth-order valence-electron chi connectivity index (χ4n) is 4.14. The normalized spacial score (nSPS) is 20.7. The lowest BCUT2D eigenvalue weighted by molar-refractivity contribution is -0.139. The fourth-order valence-corrected chi connectivity index (χ4v) is 4.14. The largest absolute Gasteiger partial charge is 0.349 e. The van der Waals surface area contributed by atoms with Gasteiger partial charge >= 0.3 is 0 Å². The van der Waals surface area contributed by atoms with Gasteiger partial charge in [-0.2, -0.15) is 5.10 Å². The summed E-state index contributed by atoms with van der Waals surface area (Å²) in [5.41, 5.74) is 2.13. The molecular weight excluding hydrogens is 316 g/mol. The summed E-state index contributed by atoms with van der Waals surface area (Å²) in [5.74, 6) is 0.658. The molecule has 1 saturated heterocycles. The molecule has 1 aromatic heterocycles. The lowest BCUT2D eigenvalue weighted by atomic mass is 9.94. The van der Waals surface area contributed by atoms with E-state index in [0.717, 1.165) is 36.9 Å². The number of carbonyl (C=O) groups excluding carboxylic acids is 2. The molecule has 2 fully saturated rings. The molecule has 6 nitrogen and oxygen atoms in total. The van der Waals surface area contributed by atoms with Gasteiger partial charge < -0.3 is 10.2 Å². The Kier molecular flexibility index (Phi) is 5.45. The van der Waals surface area contributed by atoms with Gasteiger partial charge in [0.25, 0.3) is 0 Å². The van der Waals surface area contributed by atoms with Crippen molar-refractivity contribution in [3.63, 3.8) is 0 Å². The number of amides is 2. The average Bonchev–Trinajstić information content (AvgIpc) is 3.25. The first-order valence-corrected chi connectivity index (χ1v) is 9.55. The molecule has 2 aliphatic rings. The van der Waals surface area contributed by atoms with E-state index in [-0.39, 0.29) is 23.8 Å². The number of aryl methyl sites for hydroxylation is 1. The van der Waals surface area contributed by atoms with Crippen molar-refractivity contribution in [2.45, 2.75) is 58.4 Å². The monoisotopic (exact) mass is 346 g/mol. The summed E-state index contributed by atoms with van der Waals surface area (Å²) in [5, 5.41) is 7.37. The molecule has 1 N–H and O–H groups in total. The number of carbonyl (C=O) groups is 2. The Morgan fingerprint density at radius 2 is 1.80 bits per heavy atom. The zero-order chi connectivity index (χ0) is 18.0. The van der Waals surface area contributed by atoms with Gasteiger partial charge in [-0.15, -0.1) is 0 Å². The predicted octanol–water partition coefficient (Wildman–Crippen LogP) is 2.33. The molecule has 6 heteroatoms. The zero-order valence-electron chi connectivity index (χ0n) is 15.6. The maximum atomic E-state index is 12.6. The van der Waals surface area contributed by atoms with E-state index < -0.39 is 0 Å². The zero-order valence-corrected chi connectivity index (χ0v) is 15.6. The number of piperidine rings is 1. The summed E-state index contributed by atoms with van der Waals surface area (Å²) in [6.45, 7) is 5.44. The summed E-state index contributed by atoms with van der Waals surface area (Å²) in [6.07, 6.45) is 7.81. The van der Waals surface area contributed by atoms with Crippen molar-refractivity contribution in [2.75, 3.05) is 13.1 Å². The Morgan fingerprint density at radius 1 is 1.16 bits per heavy atom. The van der Waals surface area contributed by atoms with Crippen LogP contribution in [-0.4, -0.2) is 39.6 Å². The van der Waals surface area contributed by atoms with Gasteiger partial charge in [-0.1, -0.05) is 12.8 Å². The van der Waals surface area contributed by atoms with Crippen LogP contribution in [0.3, 0.4) is 0 Å². The first kappa shape index (κ1) is 18.0. The van der Waals surface area contributed by atoms with Crippen molar-refractivity contribution in [3.05, 3.63) is 17.5 Å². The number of likely N-dealkylation sites (tertiary alicyclic amines) is 1. The molecule has 0 aromatic carbocycles. The summed E-state index contributed by atoms with van der Waals surface area (Å²) >= 11 is 0. The topological polar surface area (TPSA) is 67.2 Å². The van der Waals surface area contributed by atoms with E-state index in [4.69, 9.17) is 0 Å². The first-order valence-electron chi connectivity index (χ1n) is 9.55. The van der Waals surface area contributed by atoms with Crippen molar-refractivity contribution >= 4 is 11.8 Å². The van der Waals surface area contributed by atoms with Crippen LogP contribution in [0.5, 0.6) is 0 Å². The quantitative estimate of drug-likeness (QED) is 0.910. The van der Waals surface area contributed by atoms with Crippen molar-refractivity contribution in [1.82, 2.24) is 20.0 Å². The van der Waals surface area contributed by atoms with Crippen molar-refractivity contribution in [2.24, 2.45) is 18.9 Å². The van der Waals surface area contributed by atoms with Gasteiger partial charge in [0.2, 0.25) is 11.8 Å². The van der Waals surface area contributed by atoms with Crippen LogP contribution in [0.2, 0.25) is 0 Å². The highest BCUT2D eigenvalue weighted by Gasteiger charge is 2.32. The van der Waals surface area contributed by atoms with Gasteiger partial charge in [0.15, 0.2) is 0 Å². The Morgan fingerprint density at radius 3 is 2.36 bits per heavy atom. The molecule has 25 heavy (non-hydrogen) atoms. The SMILES string of the molecule is Cc1c([C@H](C)NC(=O)C2CCN(C(=O)C3CCCC3)CC2)cnn1C. The third-order valence-corrected chi connectivity index (χ3v) is 5.98. The molecule has 2 heterocycles. The predicted molar refractivity (Wildman–Crippen MR) is 95.8 cm³/mol. The number of hydrogen-bond donors (Lipinski definition) is 1. The summed E-state index contributed by atoms with van der Waals surface area (Å²) in [7, 11) is 1.91. The summed E-state index contributed by atoms with van der Waals surface area (Å²) < 4.78 is 1.82. The average molecular weight is 346 g/mol. The highest BCUT2D eigenvalue weighted by molar-refractivity contribution is 5.81. The molecule has 3 rings (SSSR count). The summed E-state index contributed by atoms with van der Waals surface area (Å²) in [4.78, 5) is 27.1. The molecule has 0 unspecified atom stereocenters. The fraction of sp³-hybridized carbons (Fsp3) is 0.737. The molecule has 138 valence electrons. The van der Waals surface area contributed by atoms with Crippen molar-refractivity contribution in [1.29, 1.82) is 0 Å². The van der Waals surface area contributed by atoms with E-state index >= 15 is 0 Å². The second-order valence-electron chi connectivity index (χ2n) is 7.62. The minimum atomic E-state index is -0.0423. The highest BCUT2D eigenvalue weighted by Crippen LogP contribution is 2.28. The van der Waals surface area contributed by atoms with E-state index in [0.29, 0.717) is 19.0 Å². The minimum absolute atomic E-state index is 0.00653. The number of aromatic nitrogens is 2. The smallest absolute Gasteiger partial charge is 0.225 e. The van der Waals surface area contributed by atoms with E-state index in [2.05, 4.69) is 10.4 Å². The van der Waals surface area contributed by atoms with Crippen molar-refractivity contribution < 1.29 is 9.59 Å². The Bertz CT molecular complexity index is 625. The minimum Gasteiger partial charge on any atom is -0.349 e. The number of nitrogens with one attached hydrogen (secondary N) is 1. The van der Waals surface area contributed by atoms with Crippen LogP contribution in [0.1, 0.15) is 62.7 Å². The van der Waals surface area contributed by atoms with Gasteiger partial charge in [-0.25, -0.2) is 0 Å².